The van der Waals surface area contributed by atoms with E-state index in [1.54, 1.807) is 6.07 Å². The molecule has 1 N–H and O–H groups in total. The summed E-state index contributed by atoms with van der Waals surface area (Å²) >= 11 is 5.56. The first kappa shape index (κ1) is 21.0. The van der Waals surface area contributed by atoms with Crippen LogP contribution in [0.15, 0.2) is 60.8 Å². The van der Waals surface area contributed by atoms with Crippen molar-refractivity contribution in [3.8, 4) is 11.1 Å². The van der Waals surface area contributed by atoms with Crippen molar-refractivity contribution in [1.82, 2.24) is 14.5 Å². The molecule has 0 bridgehead atoms. The van der Waals surface area contributed by atoms with Crippen LogP contribution < -0.4 is 0 Å². The van der Waals surface area contributed by atoms with E-state index in [-0.39, 0.29) is 5.97 Å². The number of nitrogens with zero attached hydrogens (tertiary/aromatic N) is 2. The quantitative estimate of drug-likeness (QED) is 0.291. The van der Waals surface area contributed by atoms with Gasteiger partial charge in [0.15, 0.2) is 0 Å². The van der Waals surface area contributed by atoms with Crippen LogP contribution in [0.25, 0.3) is 22.2 Å². The second-order valence-electron chi connectivity index (χ2n) is 7.49. The number of carbonyl (C=O) groups excluding carboxylic acids is 1. The van der Waals surface area contributed by atoms with Gasteiger partial charge < -0.3 is 14.3 Å². The van der Waals surface area contributed by atoms with Gasteiger partial charge in [-0.25, -0.2) is 9.78 Å². The molecule has 0 saturated heterocycles. The molecule has 0 aliphatic heterocycles. The highest BCUT2D eigenvalue weighted by molar-refractivity contribution is 7.71. The molecule has 0 unspecified atom stereocenters. The number of ether oxygens (including phenoxy) is 1. The van der Waals surface area contributed by atoms with E-state index >= 15 is 0 Å². The molecule has 4 rings (SSSR count). The zero-order chi connectivity index (χ0) is 21.8. The monoisotopic (exact) mass is 431 g/mol. The molecule has 31 heavy (non-hydrogen) atoms. The largest absolute Gasteiger partial charge is 0.465 e. The molecular weight excluding hydrogens is 406 g/mol. The Kier molecular flexibility index (Phi) is 6.28. The Morgan fingerprint density at radius 2 is 1.90 bits per heavy atom. The number of pyridine rings is 1. The van der Waals surface area contributed by atoms with Gasteiger partial charge in [0.1, 0.15) is 16.0 Å². The Morgan fingerprint density at radius 3 is 2.65 bits per heavy atom. The highest BCUT2D eigenvalue weighted by Crippen LogP contribution is 2.26. The number of methoxy groups -OCH3 is 1. The van der Waals surface area contributed by atoms with Crippen molar-refractivity contribution >= 4 is 29.2 Å². The van der Waals surface area contributed by atoms with E-state index in [1.807, 2.05) is 42.6 Å². The van der Waals surface area contributed by atoms with Gasteiger partial charge in [-0.2, -0.15) is 0 Å². The number of H-pyrrole nitrogens is 1. The van der Waals surface area contributed by atoms with E-state index in [2.05, 4.69) is 28.6 Å². The van der Waals surface area contributed by atoms with Crippen molar-refractivity contribution in [2.75, 3.05) is 7.11 Å². The Balaban J connectivity index is 1.69. The number of aromatic nitrogens is 3. The molecule has 6 heteroatoms. The molecule has 0 radical (unpaired) electrons. The van der Waals surface area contributed by atoms with E-state index in [1.165, 1.54) is 7.11 Å². The molecule has 2 aromatic heterocycles. The fraction of sp³-hybridized carbons (Fsp3) is 0.240. The maximum absolute atomic E-state index is 12.1. The number of hydrogen-bond acceptors (Lipinski definition) is 4. The van der Waals surface area contributed by atoms with Crippen molar-refractivity contribution in [3.05, 3.63) is 82.4 Å². The predicted molar refractivity (Wildman–Crippen MR) is 126 cm³/mol. The number of unbranched alkanes of at least 4 members (excludes halogenated alkanes) is 1. The number of carbonyl (C=O) groups is 1. The van der Waals surface area contributed by atoms with Crippen LogP contribution >= 0.6 is 12.2 Å². The van der Waals surface area contributed by atoms with Gasteiger partial charge in [-0.05, 0) is 35.2 Å². The van der Waals surface area contributed by atoms with Gasteiger partial charge in [-0.3, -0.25) is 0 Å². The van der Waals surface area contributed by atoms with Crippen LogP contribution in [0, 0.1) is 4.64 Å². The number of aryl methyl sites for hydroxylation is 1. The third-order valence-electron chi connectivity index (χ3n) is 5.44. The summed E-state index contributed by atoms with van der Waals surface area (Å²) in [5.74, 6) is 0.724. The SMILES string of the molecule is CCCCc1nc2cc[nH]c(=S)c2n1Cc1ccc(-c2ccccc2C(=O)OC)cc1. The van der Waals surface area contributed by atoms with Crippen molar-refractivity contribution in [2.24, 2.45) is 0 Å². The summed E-state index contributed by atoms with van der Waals surface area (Å²) in [5, 5.41) is 0. The number of imidazole rings is 1. The number of fused-ring (bicyclic) bond motifs is 1. The summed E-state index contributed by atoms with van der Waals surface area (Å²) in [6, 6.07) is 17.7. The zero-order valence-corrected chi connectivity index (χ0v) is 18.5. The minimum atomic E-state index is -0.334. The Morgan fingerprint density at radius 1 is 1.13 bits per heavy atom. The molecule has 0 atom stereocenters. The molecule has 0 spiro atoms. The fourth-order valence-electron chi connectivity index (χ4n) is 3.83. The molecule has 0 fully saturated rings. The average molecular weight is 432 g/mol. The molecule has 2 aromatic carbocycles. The third kappa shape index (κ3) is 4.30. The van der Waals surface area contributed by atoms with Crippen molar-refractivity contribution in [3.63, 3.8) is 0 Å². The predicted octanol–water partition coefficient (Wildman–Crippen LogP) is 5.94. The first-order valence-corrected chi connectivity index (χ1v) is 10.9. The van der Waals surface area contributed by atoms with Gasteiger partial charge in [-0.1, -0.05) is 68.0 Å². The minimum absolute atomic E-state index is 0.334. The number of benzene rings is 2. The van der Waals surface area contributed by atoms with E-state index in [9.17, 15) is 4.79 Å². The van der Waals surface area contributed by atoms with Gasteiger partial charge >= 0.3 is 5.97 Å². The highest BCUT2D eigenvalue weighted by atomic mass is 32.1. The summed E-state index contributed by atoms with van der Waals surface area (Å²) in [7, 11) is 1.40. The summed E-state index contributed by atoms with van der Waals surface area (Å²) < 4.78 is 7.86. The molecule has 0 aliphatic carbocycles. The molecule has 158 valence electrons. The summed E-state index contributed by atoms with van der Waals surface area (Å²) in [5.41, 5.74) is 5.45. The van der Waals surface area contributed by atoms with Gasteiger partial charge in [0.2, 0.25) is 0 Å². The van der Waals surface area contributed by atoms with Crippen molar-refractivity contribution in [2.45, 2.75) is 32.7 Å². The lowest BCUT2D eigenvalue weighted by atomic mass is 9.98. The van der Waals surface area contributed by atoms with Gasteiger partial charge in [0.25, 0.3) is 0 Å². The van der Waals surface area contributed by atoms with E-state index in [0.29, 0.717) is 16.7 Å². The highest BCUT2D eigenvalue weighted by Gasteiger charge is 2.14. The number of aromatic amines is 1. The summed E-state index contributed by atoms with van der Waals surface area (Å²) in [4.78, 5) is 20.1. The second-order valence-corrected chi connectivity index (χ2v) is 7.90. The van der Waals surface area contributed by atoms with Crippen LogP contribution in [0.3, 0.4) is 0 Å². The van der Waals surface area contributed by atoms with Crippen LogP contribution in [0.1, 0.15) is 41.5 Å². The number of rotatable bonds is 7. The number of esters is 1. The first-order chi connectivity index (χ1) is 15.1. The fourth-order valence-corrected chi connectivity index (χ4v) is 4.11. The zero-order valence-electron chi connectivity index (χ0n) is 17.7. The Bertz CT molecular complexity index is 1270. The third-order valence-corrected chi connectivity index (χ3v) is 5.75. The van der Waals surface area contributed by atoms with E-state index < -0.39 is 0 Å². The molecule has 5 nitrogen and oxygen atoms in total. The summed E-state index contributed by atoms with van der Waals surface area (Å²) in [6.07, 6.45) is 4.97. The lowest BCUT2D eigenvalue weighted by Gasteiger charge is -2.11. The maximum Gasteiger partial charge on any atom is 0.338 e. The van der Waals surface area contributed by atoms with Crippen molar-refractivity contribution in [1.29, 1.82) is 0 Å². The number of hydrogen-bond donors (Lipinski definition) is 1. The molecule has 0 saturated carbocycles. The van der Waals surface area contributed by atoms with Crippen LogP contribution in [-0.2, 0) is 17.7 Å². The van der Waals surface area contributed by atoms with Gasteiger partial charge in [0.05, 0.1) is 18.2 Å². The van der Waals surface area contributed by atoms with Gasteiger partial charge in [0, 0.05) is 19.2 Å². The maximum atomic E-state index is 12.1. The van der Waals surface area contributed by atoms with Gasteiger partial charge in [-0.15, -0.1) is 0 Å². The lowest BCUT2D eigenvalue weighted by molar-refractivity contribution is 0.0601. The van der Waals surface area contributed by atoms with Crippen LogP contribution in [0.2, 0.25) is 0 Å². The van der Waals surface area contributed by atoms with E-state index in [4.69, 9.17) is 21.9 Å². The van der Waals surface area contributed by atoms with E-state index in [0.717, 1.165) is 52.8 Å². The standard InChI is InChI=1S/C25H25N3O2S/c1-3-4-9-22-27-21-14-15-26-24(31)23(21)28(22)16-17-10-12-18(13-11-17)19-7-5-6-8-20(19)25(29)30-2/h5-8,10-15H,3-4,9,16H2,1-2H3,(H,26,31). The normalized spacial score (nSPS) is 11.0. The van der Waals surface area contributed by atoms with Crippen LogP contribution in [0.5, 0.6) is 0 Å². The molecule has 4 aromatic rings. The van der Waals surface area contributed by atoms with Crippen LogP contribution in [0.4, 0.5) is 0 Å². The smallest absolute Gasteiger partial charge is 0.338 e. The topological polar surface area (TPSA) is 59.9 Å². The summed E-state index contributed by atoms with van der Waals surface area (Å²) in [6.45, 7) is 2.88. The Labute approximate surface area is 186 Å². The first-order valence-electron chi connectivity index (χ1n) is 10.5. The molecular formula is C25H25N3O2S. The molecule has 0 aliphatic rings. The van der Waals surface area contributed by atoms with Crippen LogP contribution in [-0.4, -0.2) is 27.6 Å². The lowest BCUT2D eigenvalue weighted by Crippen LogP contribution is -2.06. The molecule has 2 heterocycles. The minimum Gasteiger partial charge on any atom is -0.465 e. The molecule has 0 amide bonds. The average Bonchev–Trinajstić information content (AvgIpc) is 3.16. The number of nitrogens with one attached hydrogen (secondary N) is 1. The second kappa shape index (κ2) is 9.27. The van der Waals surface area contributed by atoms with Crippen molar-refractivity contribution < 1.29 is 9.53 Å². The Hall–Kier alpha value is -3.25.